The summed E-state index contributed by atoms with van der Waals surface area (Å²) in [4.78, 5) is 39.1. The van der Waals surface area contributed by atoms with Gasteiger partial charge in [0.2, 0.25) is 13.6 Å². The number of nitrogen functional groups attached to an aromatic ring is 1. The van der Waals surface area contributed by atoms with Crippen LogP contribution in [0.5, 0.6) is 0 Å². The zero-order chi connectivity index (χ0) is 29.1. The van der Waals surface area contributed by atoms with Gasteiger partial charge in [-0.25, -0.2) is 18.6 Å². The highest BCUT2D eigenvalue weighted by atomic mass is 31.2. The molecule has 38 heavy (non-hydrogen) atoms. The Morgan fingerprint density at radius 3 is 1.92 bits per heavy atom. The van der Waals surface area contributed by atoms with E-state index in [2.05, 4.69) is 4.98 Å². The molecule has 0 aliphatic carbocycles. The number of aliphatic hydroxyl groups is 2. The monoisotopic (exact) mass is 566 g/mol. The lowest BCUT2D eigenvalue weighted by Crippen LogP contribution is -2.34. The number of aliphatic hydroxyl groups excluding tert-OH is 2. The molecule has 4 atom stereocenters. The maximum atomic E-state index is 13.2. The van der Waals surface area contributed by atoms with Crippen LogP contribution in [0.3, 0.4) is 0 Å². The normalized spacial score (nSPS) is 22.3. The van der Waals surface area contributed by atoms with Crippen LogP contribution < -0.4 is 11.5 Å². The molecule has 6 N–H and O–H groups in total. The van der Waals surface area contributed by atoms with E-state index >= 15 is 0 Å². The van der Waals surface area contributed by atoms with Crippen molar-refractivity contribution in [3.05, 3.63) is 12.0 Å². The number of amides is 1. The second kappa shape index (κ2) is 12.1. The topological polar surface area (TPSA) is 234 Å². The first-order valence-electron chi connectivity index (χ1n) is 11.4. The zero-order valence-electron chi connectivity index (χ0n) is 22.0. The predicted octanol–water partition coefficient (Wildman–Crippen LogP) is 0.435. The van der Waals surface area contributed by atoms with Gasteiger partial charge in [0.15, 0.2) is 11.9 Å². The molecule has 2 rings (SSSR count). The van der Waals surface area contributed by atoms with E-state index in [0.29, 0.717) is 0 Å². The molecule has 1 amide bonds. The standard InChI is InChI=1S/C21H35N4O12P/c1-20(2,3)18(29)32-9-35-38(31,36-10-33-19(30)21(4,5)6)34-7-11-13(26)14(27)17(37-11)25-8-24-12(15(25)22)16(23)28/h8,11,13-14,17,26-27H,7,9-10,22H2,1-6H3,(H2,23,28)/t11-,13-,14-,17-/m1/s1. The highest BCUT2D eigenvalue weighted by Crippen LogP contribution is 2.50. The van der Waals surface area contributed by atoms with Gasteiger partial charge < -0.3 is 35.9 Å². The van der Waals surface area contributed by atoms with E-state index in [0.717, 1.165) is 10.9 Å². The third-order valence-electron chi connectivity index (χ3n) is 5.10. The van der Waals surface area contributed by atoms with Gasteiger partial charge in [-0.2, -0.15) is 0 Å². The Morgan fingerprint density at radius 1 is 1.00 bits per heavy atom. The van der Waals surface area contributed by atoms with E-state index in [9.17, 15) is 29.2 Å². The van der Waals surface area contributed by atoms with Crippen LogP contribution in [0.1, 0.15) is 58.3 Å². The van der Waals surface area contributed by atoms with Gasteiger partial charge in [-0.05, 0) is 41.5 Å². The third kappa shape index (κ3) is 7.96. The molecule has 1 aliphatic rings. The molecule has 1 aliphatic heterocycles. The Kier molecular flexibility index (Phi) is 10.0. The molecule has 0 spiro atoms. The first kappa shape index (κ1) is 31.6. The van der Waals surface area contributed by atoms with E-state index in [1.54, 1.807) is 41.5 Å². The molecule has 1 aromatic heterocycles. The summed E-state index contributed by atoms with van der Waals surface area (Å²) in [5, 5.41) is 20.9. The van der Waals surface area contributed by atoms with Crippen LogP contribution in [0.25, 0.3) is 0 Å². The minimum atomic E-state index is -4.58. The van der Waals surface area contributed by atoms with Gasteiger partial charge in [-0.15, -0.1) is 0 Å². The number of aromatic nitrogens is 2. The van der Waals surface area contributed by atoms with Crippen molar-refractivity contribution in [3.8, 4) is 0 Å². The molecule has 216 valence electrons. The van der Waals surface area contributed by atoms with E-state index in [4.69, 9.17) is 39.2 Å². The van der Waals surface area contributed by atoms with Gasteiger partial charge in [-0.1, -0.05) is 0 Å². The maximum absolute atomic E-state index is 13.2. The van der Waals surface area contributed by atoms with Crippen LogP contribution in [0.2, 0.25) is 0 Å². The Hall–Kier alpha value is -2.59. The van der Waals surface area contributed by atoms with E-state index in [1.165, 1.54) is 0 Å². The van der Waals surface area contributed by atoms with E-state index in [-0.39, 0.29) is 11.5 Å². The summed E-state index contributed by atoms with van der Waals surface area (Å²) in [6.07, 6.45) is -4.67. The number of primary amides is 1. The molecule has 0 unspecified atom stereocenters. The number of carbonyl (C=O) groups excluding carboxylic acids is 3. The number of esters is 2. The van der Waals surface area contributed by atoms with E-state index < -0.39 is 81.2 Å². The number of nitrogens with zero attached hydrogens (tertiary/aromatic N) is 2. The molecule has 1 saturated heterocycles. The molecule has 1 fully saturated rings. The largest absolute Gasteiger partial charge is 0.480 e. The van der Waals surface area contributed by atoms with Crippen LogP contribution in [-0.4, -0.2) is 76.1 Å². The first-order valence-corrected chi connectivity index (χ1v) is 12.9. The van der Waals surface area contributed by atoms with Crippen LogP contribution in [0.15, 0.2) is 6.33 Å². The summed E-state index contributed by atoms with van der Waals surface area (Å²) in [7, 11) is -4.58. The van der Waals surface area contributed by atoms with Gasteiger partial charge >= 0.3 is 19.8 Å². The van der Waals surface area contributed by atoms with Crippen LogP contribution in [0.4, 0.5) is 5.82 Å². The fourth-order valence-electron chi connectivity index (χ4n) is 2.86. The second-order valence-electron chi connectivity index (χ2n) is 10.4. The maximum Gasteiger partial charge on any atom is 0.480 e. The lowest BCUT2D eigenvalue weighted by Gasteiger charge is -2.23. The molecule has 1 aromatic rings. The minimum Gasteiger partial charge on any atom is -0.437 e. The minimum absolute atomic E-state index is 0.214. The lowest BCUT2D eigenvalue weighted by molar-refractivity contribution is -0.163. The molecule has 17 heteroatoms. The number of anilines is 1. The van der Waals surface area contributed by atoms with Crippen molar-refractivity contribution >= 4 is 31.5 Å². The quantitative estimate of drug-likeness (QED) is 0.162. The first-order chi connectivity index (χ1) is 17.4. The molecular weight excluding hydrogens is 531 g/mol. The van der Waals surface area contributed by atoms with Crippen molar-refractivity contribution in [1.82, 2.24) is 9.55 Å². The van der Waals surface area contributed by atoms with Crippen molar-refractivity contribution in [1.29, 1.82) is 0 Å². The van der Waals surface area contributed by atoms with Gasteiger partial charge in [0.05, 0.1) is 23.8 Å². The fourth-order valence-corrected chi connectivity index (χ4v) is 3.77. The van der Waals surface area contributed by atoms with Gasteiger partial charge in [0, 0.05) is 0 Å². The summed E-state index contributed by atoms with van der Waals surface area (Å²) in [6, 6.07) is 0. The van der Waals surface area contributed by atoms with Crippen LogP contribution in [0, 0.1) is 10.8 Å². The van der Waals surface area contributed by atoms with Crippen molar-refractivity contribution in [3.63, 3.8) is 0 Å². The Bertz CT molecular complexity index is 1030. The molecule has 0 saturated carbocycles. The number of ether oxygens (including phenoxy) is 3. The predicted molar refractivity (Wildman–Crippen MR) is 128 cm³/mol. The number of rotatable bonds is 11. The van der Waals surface area contributed by atoms with Crippen molar-refractivity contribution in [2.45, 2.75) is 66.1 Å². The third-order valence-corrected chi connectivity index (χ3v) is 6.41. The summed E-state index contributed by atoms with van der Waals surface area (Å²) in [5.41, 5.74) is 8.99. The van der Waals surface area contributed by atoms with Crippen molar-refractivity contribution in [2.75, 3.05) is 25.9 Å². The van der Waals surface area contributed by atoms with Crippen LogP contribution >= 0.6 is 7.82 Å². The van der Waals surface area contributed by atoms with Gasteiger partial charge in [0.25, 0.3) is 5.91 Å². The van der Waals surface area contributed by atoms with Gasteiger partial charge in [-0.3, -0.25) is 23.5 Å². The molecular formula is C21H35N4O12P. The number of phosphoric ester groups is 1. The number of nitrogens with two attached hydrogens (primary N) is 2. The molecule has 2 heterocycles. The highest BCUT2D eigenvalue weighted by molar-refractivity contribution is 7.48. The average molecular weight is 567 g/mol. The molecule has 0 radical (unpaired) electrons. The summed E-state index contributed by atoms with van der Waals surface area (Å²) >= 11 is 0. The van der Waals surface area contributed by atoms with Gasteiger partial charge in [0.1, 0.15) is 24.1 Å². The highest BCUT2D eigenvalue weighted by Gasteiger charge is 2.46. The molecule has 0 aromatic carbocycles. The number of phosphoric acid groups is 1. The Balaban J connectivity index is 2.09. The summed E-state index contributed by atoms with van der Waals surface area (Å²) in [6.45, 7) is 7.22. The number of hydrogen-bond acceptors (Lipinski definition) is 14. The Morgan fingerprint density at radius 2 is 1.50 bits per heavy atom. The second-order valence-corrected chi connectivity index (χ2v) is 12.1. The van der Waals surface area contributed by atoms with Crippen molar-refractivity contribution in [2.24, 2.45) is 16.6 Å². The van der Waals surface area contributed by atoms with E-state index in [1.807, 2.05) is 0 Å². The summed E-state index contributed by atoms with van der Waals surface area (Å²) in [5.74, 6) is -2.47. The SMILES string of the molecule is CC(C)(C)C(=O)OCOP(=O)(OCOC(=O)C(C)(C)C)OC[C@H]1O[C@@H](n2cnc(C(N)=O)c2N)[C@H](O)[C@@H]1O. The molecule has 16 nitrogen and oxygen atoms in total. The fraction of sp³-hybridized carbons (Fsp3) is 0.714. The number of imidazole rings is 1. The lowest BCUT2D eigenvalue weighted by atomic mass is 9.98. The average Bonchev–Trinajstić information content (AvgIpc) is 3.30. The summed E-state index contributed by atoms with van der Waals surface area (Å²) < 4.78 is 45.0. The Labute approximate surface area is 219 Å². The molecule has 0 bridgehead atoms. The van der Waals surface area contributed by atoms with Crippen molar-refractivity contribution < 1.29 is 56.9 Å². The number of carbonyl (C=O) groups is 3. The number of hydrogen-bond donors (Lipinski definition) is 4. The zero-order valence-corrected chi connectivity index (χ0v) is 22.9. The smallest absolute Gasteiger partial charge is 0.437 e. The van der Waals surface area contributed by atoms with Crippen LogP contribution in [-0.2, 0) is 41.9 Å².